The van der Waals surface area contributed by atoms with Crippen LogP contribution in [0.1, 0.15) is 18.5 Å². The third kappa shape index (κ3) is 1.80. The molecule has 0 aliphatic carbocycles. The molecule has 4 heteroatoms. The molecule has 74 valence electrons. The molecule has 0 amide bonds. The van der Waals surface area contributed by atoms with Crippen molar-refractivity contribution in [1.82, 2.24) is 9.55 Å². The average Bonchev–Trinajstić information content (AvgIpc) is 2.77. The van der Waals surface area contributed by atoms with Crippen molar-refractivity contribution in [2.24, 2.45) is 7.05 Å². The van der Waals surface area contributed by atoms with Crippen molar-refractivity contribution in [2.45, 2.75) is 13.0 Å². The van der Waals surface area contributed by atoms with E-state index in [1.807, 2.05) is 17.8 Å². The summed E-state index contributed by atoms with van der Waals surface area (Å²) in [6.07, 6.45) is 3.73. The highest BCUT2D eigenvalue weighted by Crippen LogP contribution is 2.19. The lowest BCUT2D eigenvalue weighted by atomic mass is 10.2. The number of hydrogen-bond acceptors (Lipinski definition) is 3. The molecule has 0 spiro atoms. The maximum absolute atomic E-state index is 4.22. The topological polar surface area (TPSA) is 29.9 Å². The summed E-state index contributed by atoms with van der Waals surface area (Å²) in [4.78, 5) is 4.22. The van der Waals surface area contributed by atoms with Crippen LogP contribution in [0.2, 0.25) is 0 Å². The van der Waals surface area contributed by atoms with Gasteiger partial charge in [-0.15, -0.1) is 0 Å². The van der Waals surface area contributed by atoms with Crippen LogP contribution >= 0.6 is 11.3 Å². The van der Waals surface area contributed by atoms with Crippen molar-refractivity contribution in [1.29, 1.82) is 0 Å². The summed E-state index contributed by atoms with van der Waals surface area (Å²) in [5.74, 6) is 0.906. The molecule has 1 N–H and O–H groups in total. The van der Waals surface area contributed by atoms with Gasteiger partial charge in [-0.1, -0.05) is 0 Å². The fraction of sp³-hybridized carbons (Fsp3) is 0.300. The van der Waals surface area contributed by atoms with Gasteiger partial charge in [0.05, 0.1) is 6.04 Å². The number of nitrogens with zero attached hydrogens (tertiary/aromatic N) is 2. The lowest BCUT2D eigenvalue weighted by Crippen LogP contribution is -2.09. The van der Waals surface area contributed by atoms with Crippen LogP contribution in [0, 0.1) is 0 Å². The molecule has 0 saturated carbocycles. The molecule has 0 saturated heterocycles. The predicted octanol–water partition coefficient (Wildman–Crippen LogP) is 2.65. The molecule has 0 aliphatic heterocycles. The zero-order chi connectivity index (χ0) is 9.97. The van der Waals surface area contributed by atoms with Crippen LogP contribution in [0.4, 0.5) is 5.95 Å². The predicted molar refractivity (Wildman–Crippen MR) is 59.6 cm³/mol. The van der Waals surface area contributed by atoms with E-state index in [0.717, 1.165) is 5.95 Å². The summed E-state index contributed by atoms with van der Waals surface area (Å²) in [6, 6.07) is 2.44. The fourth-order valence-electron chi connectivity index (χ4n) is 1.30. The van der Waals surface area contributed by atoms with Gasteiger partial charge in [0.25, 0.3) is 0 Å². The molecular weight excluding hydrogens is 194 g/mol. The van der Waals surface area contributed by atoms with Crippen molar-refractivity contribution < 1.29 is 0 Å². The molecule has 2 aromatic heterocycles. The van der Waals surface area contributed by atoms with Crippen LogP contribution in [0.5, 0.6) is 0 Å². The number of nitrogens with one attached hydrogen (secondary N) is 1. The molecule has 3 nitrogen and oxygen atoms in total. The van der Waals surface area contributed by atoms with Gasteiger partial charge < -0.3 is 9.88 Å². The van der Waals surface area contributed by atoms with Gasteiger partial charge in [0.1, 0.15) is 0 Å². The minimum absolute atomic E-state index is 0.308. The Labute approximate surface area is 87.4 Å². The Bertz CT molecular complexity index is 391. The molecule has 0 radical (unpaired) electrons. The minimum Gasteiger partial charge on any atom is -0.349 e. The van der Waals surface area contributed by atoms with Gasteiger partial charge in [0.2, 0.25) is 5.95 Å². The van der Waals surface area contributed by atoms with Crippen LogP contribution in [0.15, 0.2) is 29.2 Å². The zero-order valence-electron chi connectivity index (χ0n) is 8.27. The Morgan fingerprint density at radius 1 is 1.57 bits per heavy atom. The molecule has 2 rings (SSSR count). The van der Waals surface area contributed by atoms with E-state index >= 15 is 0 Å². The molecule has 14 heavy (non-hydrogen) atoms. The molecule has 1 unspecified atom stereocenters. The van der Waals surface area contributed by atoms with Crippen LogP contribution in [0.3, 0.4) is 0 Å². The molecule has 2 aromatic rings. The maximum Gasteiger partial charge on any atom is 0.202 e. The van der Waals surface area contributed by atoms with E-state index in [4.69, 9.17) is 0 Å². The standard InChI is InChI=1S/C10H13N3S/c1-8(9-3-6-14-7-9)12-10-11-4-5-13(10)2/h3-8H,1-2H3,(H,11,12). The van der Waals surface area contributed by atoms with Crippen LogP contribution in [-0.2, 0) is 7.05 Å². The van der Waals surface area contributed by atoms with Gasteiger partial charge in [0.15, 0.2) is 0 Å². The fourth-order valence-corrected chi connectivity index (χ4v) is 2.06. The maximum atomic E-state index is 4.22. The van der Waals surface area contributed by atoms with E-state index in [1.54, 1.807) is 17.5 Å². The first kappa shape index (κ1) is 9.27. The number of aryl methyl sites for hydroxylation is 1. The molecule has 0 aromatic carbocycles. The third-order valence-electron chi connectivity index (χ3n) is 2.21. The van der Waals surface area contributed by atoms with Gasteiger partial charge in [-0.3, -0.25) is 0 Å². The van der Waals surface area contributed by atoms with E-state index in [1.165, 1.54) is 5.56 Å². The summed E-state index contributed by atoms with van der Waals surface area (Å²) >= 11 is 1.72. The van der Waals surface area contributed by atoms with E-state index in [9.17, 15) is 0 Å². The number of hydrogen-bond donors (Lipinski definition) is 1. The number of aromatic nitrogens is 2. The van der Waals surface area contributed by atoms with E-state index in [0.29, 0.717) is 6.04 Å². The molecule has 0 fully saturated rings. The van der Waals surface area contributed by atoms with Gasteiger partial charge in [-0.2, -0.15) is 11.3 Å². The molecule has 1 atom stereocenters. The minimum atomic E-state index is 0.308. The quantitative estimate of drug-likeness (QED) is 0.838. The van der Waals surface area contributed by atoms with E-state index in [2.05, 4.69) is 34.1 Å². The Hall–Kier alpha value is -1.29. The lowest BCUT2D eigenvalue weighted by molar-refractivity contribution is 0.826. The number of imidazole rings is 1. The van der Waals surface area contributed by atoms with Crippen LogP contribution < -0.4 is 5.32 Å². The molecule has 0 bridgehead atoms. The van der Waals surface area contributed by atoms with Gasteiger partial charge in [-0.05, 0) is 29.3 Å². The second kappa shape index (κ2) is 3.84. The van der Waals surface area contributed by atoms with Crippen LogP contribution in [-0.4, -0.2) is 9.55 Å². The monoisotopic (exact) mass is 207 g/mol. The van der Waals surface area contributed by atoms with Crippen molar-refractivity contribution >= 4 is 17.3 Å². The number of rotatable bonds is 3. The van der Waals surface area contributed by atoms with Crippen molar-refractivity contribution in [3.63, 3.8) is 0 Å². The first-order valence-electron chi connectivity index (χ1n) is 4.53. The second-order valence-electron chi connectivity index (χ2n) is 3.28. The van der Waals surface area contributed by atoms with Crippen molar-refractivity contribution in [2.75, 3.05) is 5.32 Å². The second-order valence-corrected chi connectivity index (χ2v) is 4.06. The van der Waals surface area contributed by atoms with Crippen molar-refractivity contribution in [3.05, 3.63) is 34.8 Å². The molecule has 0 aliphatic rings. The summed E-state index contributed by atoms with van der Waals surface area (Å²) in [5.41, 5.74) is 1.30. The number of thiophene rings is 1. The Balaban J connectivity index is 2.09. The average molecular weight is 207 g/mol. The Morgan fingerprint density at radius 3 is 3.00 bits per heavy atom. The van der Waals surface area contributed by atoms with E-state index in [-0.39, 0.29) is 0 Å². The smallest absolute Gasteiger partial charge is 0.202 e. The van der Waals surface area contributed by atoms with Crippen LogP contribution in [0.25, 0.3) is 0 Å². The molecule has 2 heterocycles. The highest BCUT2D eigenvalue weighted by molar-refractivity contribution is 7.07. The highest BCUT2D eigenvalue weighted by atomic mass is 32.1. The largest absolute Gasteiger partial charge is 0.349 e. The normalized spacial score (nSPS) is 12.7. The molecular formula is C10H13N3S. The first-order valence-corrected chi connectivity index (χ1v) is 5.47. The summed E-state index contributed by atoms with van der Waals surface area (Å²) in [5, 5.41) is 7.59. The summed E-state index contributed by atoms with van der Waals surface area (Å²) in [7, 11) is 1.98. The summed E-state index contributed by atoms with van der Waals surface area (Å²) in [6.45, 7) is 2.14. The van der Waals surface area contributed by atoms with Gasteiger partial charge >= 0.3 is 0 Å². The SMILES string of the molecule is CC(Nc1nccn1C)c1ccsc1. The Morgan fingerprint density at radius 2 is 2.43 bits per heavy atom. The van der Waals surface area contributed by atoms with Gasteiger partial charge in [0, 0.05) is 19.4 Å². The third-order valence-corrected chi connectivity index (χ3v) is 2.91. The Kier molecular flexibility index (Phi) is 2.54. The highest BCUT2D eigenvalue weighted by Gasteiger charge is 2.07. The van der Waals surface area contributed by atoms with E-state index < -0.39 is 0 Å². The summed E-state index contributed by atoms with van der Waals surface area (Å²) < 4.78 is 1.98. The van der Waals surface area contributed by atoms with Gasteiger partial charge in [-0.25, -0.2) is 4.98 Å². The number of anilines is 1. The lowest BCUT2D eigenvalue weighted by Gasteiger charge is -2.12. The van der Waals surface area contributed by atoms with Crippen molar-refractivity contribution in [3.8, 4) is 0 Å². The zero-order valence-corrected chi connectivity index (χ0v) is 9.08. The first-order chi connectivity index (χ1) is 6.77.